The van der Waals surface area contributed by atoms with Gasteiger partial charge in [-0.05, 0) is 11.8 Å². The first-order valence-corrected chi connectivity index (χ1v) is 5.07. The third-order valence-corrected chi connectivity index (χ3v) is 2.82. The predicted molar refractivity (Wildman–Crippen MR) is 53.4 cm³/mol. The number of hydrogen-bond donors (Lipinski definition) is 1. The Bertz CT molecular complexity index is 126. The highest BCUT2D eigenvalue weighted by Crippen LogP contribution is 2.20. The van der Waals surface area contributed by atoms with E-state index < -0.39 is 0 Å². The molecule has 0 spiro atoms. The predicted octanol–water partition coefficient (Wildman–Crippen LogP) is 1.33. The molecular weight excluding hydrogens is 148 g/mol. The molecule has 1 saturated heterocycles. The monoisotopic (exact) mass is 170 g/mol. The molecule has 0 unspecified atom stereocenters. The number of nitrogens with zero attached hydrogens (tertiary/aromatic N) is 1. The first-order chi connectivity index (χ1) is 5.64. The van der Waals surface area contributed by atoms with Gasteiger partial charge in [0.2, 0.25) is 0 Å². The van der Waals surface area contributed by atoms with Crippen molar-refractivity contribution in [2.24, 2.45) is 5.41 Å². The van der Waals surface area contributed by atoms with Crippen molar-refractivity contribution in [1.82, 2.24) is 10.2 Å². The number of hydrogen-bond acceptors (Lipinski definition) is 2. The largest absolute Gasteiger partial charge is 0.314 e. The molecule has 0 bridgehead atoms. The van der Waals surface area contributed by atoms with Crippen LogP contribution in [0.1, 0.15) is 27.2 Å². The van der Waals surface area contributed by atoms with Crippen molar-refractivity contribution in [3.05, 3.63) is 0 Å². The molecule has 0 aromatic heterocycles. The Hall–Kier alpha value is -0.0800. The molecule has 0 atom stereocenters. The maximum Gasteiger partial charge on any atom is 0.0108 e. The van der Waals surface area contributed by atoms with Crippen LogP contribution in [0.3, 0.4) is 0 Å². The van der Waals surface area contributed by atoms with Crippen molar-refractivity contribution in [2.75, 3.05) is 32.7 Å². The number of rotatable bonds is 3. The summed E-state index contributed by atoms with van der Waals surface area (Å²) in [6, 6.07) is 0. The Morgan fingerprint density at radius 1 is 1.25 bits per heavy atom. The summed E-state index contributed by atoms with van der Waals surface area (Å²) in [5, 5.41) is 3.38. The Morgan fingerprint density at radius 2 is 1.83 bits per heavy atom. The van der Waals surface area contributed by atoms with Gasteiger partial charge in [-0.1, -0.05) is 20.8 Å². The van der Waals surface area contributed by atoms with Gasteiger partial charge < -0.3 is 10.2 Å². The second-order valence-corrected chi connectivity index (χ2v) is 4.54. The van der Waals surface area contributed by atoms with E-state index in [1.165, 1.54) is 39.1 Å². The molecule has 2 heteroatoms. The summed E-state index contributed by atoms with van der Waals surface area (Å²) in [5.41, 5.74) is 0.497. The fourth-order valence-corrected chi connectivity index (χ4v) is 1.59. The molecule has 0 radical (unpaired) electrons. The minimum Gasteiger partial charge on any atom is -0.314 e. The summed E-state index contributed by atoms with van der Waals surface area (Å²) in [7, 11) is 0. The van der Waals surface area contributed by atoms with Gasteiger partial charge in [-0.2, -0.15) is 0 Å². The zero-order valence-corrected chi connectivity index (χ0v) is 8.69. The average Bonchev–Trinajstić information content (AvgIpc) is 2.06. The third-order valence-electron chi connectivity index (χ3n) is 2.82. The molecule has 0 saturated carbocycles. The van der Waals surface area contributed by atoms with Crippen LogP contribution in [-0.2, 0) is 0 Å². The molecule has 0 aromatic carbocycles. The van der Waals surface area contributed by atoms with Gasteiger partial charge in [-0.25, -0.2) is 0 Å². The second kappa shape index (κ2) is 4.24. The molecule has 1 fully saturated rings. The van der Waals surface area contributed by atoms with Crippen LogP contribution in [0.4, 0.5) is 0 Å². The third kappa shape index (κ3) is 3.11. The zero-order chi connectivity index (χ0) is 9.03. The van der Waals surface area contributed by atoms with Crippen molar-refractivity contribution in [3.8, 4) is 0 Å². The highest BCUT2D eigenvalue weighted by Gasteiger charge is 2.20. The Morgan fingerprint density at radius 3 is 2.33 bits per heavy atom. The molecule has 1 aliphatic heterocycles. The van der Waals surface area contributed by atoms with Crippen molar-refractivity contribution < 1.29 is 0 Å². The van der Waals surface area contributed by atoms with Crippen LogP contribution < -0.4 is 5.32 Å². The van der Waals surface area contributed by atoms with Crippen LogP contribution >= 0.6 is 0 Å². The fourth-order valence-electron chi connectivity index (χ4n) is 1.59. The number of nitrogens with one attached hydrogen (secondary N) is 1. The van der Waals surface area contributed by atoms with E-state index in [0.29, 0.717) is 5.41 Å². The van der Waals surface area contributed by atoms with E-state index in [1.807, 2.05) is 0 Å². The van der Waals surface area contributed by atoms with Crippen molar-refractivity contribution in [1.29, 1.82) is 0 Å². The molecule has 1 N–H and O–H groups in total. The topological polar surface area (TPSA) is 15.3 Å². The summed E-state index contributed by atoms with van der Waals surface area (Å²) >= 11 is 0. The summed E-state index contributed by atoms with van der Waals surface area (Å²) in [4.78, 5) is 2.57. The Kier molecular flexibility index (Phi) is 3.53. The quantitative estimate of drug-likeness (QED) is 0.687. The average molecular weight is 170 g/mol. The molecule has 12 heavy (non-hydrogen) atoms. The molecule has 0 aromatic rings. The molecule has 72 valence electrons. The van der Waals surface area contributed by atoms with Crippen LogP contribution in [0, 0.1) is 5.41 Å². The highest BCUT2D eigenvalue weighted by atomic mass is 15.2. The molecule has 1 heterocycles. The van der Waals surface area contributed by atoms with Crippen molar-refractivity contribution in [2.45, 2.75) is 27.2 Å². The zero-order valence-electron chi connectivity index (χ0n) is 8.69. The van der Waals surface area contributed by atoms with Gasteiger partial charge in [0.1, 0.15) is 0 Å². The first-order valence-electron chi connectivity index (χ1n) is 5.07. The summed E-state index contributed by atoms with van der Waals surface area (Å²) < 4.78 is 0. The lowest BCUT2D eigenvalue weighted by Crippen LogP contribution is -2.46. The smallest absolute Gasteiger partial charge is 0.0108 e. The molecule has 1 aliphatic rings. The molecule has 2 nitrogen and oxygen atoms in total. The van der Waals surface area contributed by atoms with E-state index >= 15 is 0 Å². The van der Waals surface area contributed by atoms with E-state index in [4.69, 9.17) is 0 Å². The maximum atomic E-state index is 3.38. The lowest BCUT2D eigenvalue weighted by atomic mass is 9.89. The summed E-state index contributed by atoms with van der Waals surface area (Å²) in [5.74, 6) is 0. The minimum absolute atomic E-state index is 0.497. The lowest BCUT2D eigenvalue weighted by molar-refractivity contribution is 0.157. The number of piperazine rings is 1. The van der Waals surface area contributed by atoms with Gasteiger partial charge in [-0.15, -0.1) is 0 Å². The SMILES string of the molecule is CCC(C)(C)CN1CCNCC1. The Labute approximate surface area is 76.3 Å². The molecule has 0 aliphatic carbocycles. The van der Waals surface area contributed by atoms with Gasteiger partial charge in [-0.3, -0.25) is 0 Å². The normalized spacial score (nSPS) is 21.2. The highest BCUT2D eigenvalue weighted by molar-refractivity contribution is 4.75. The van der Waals surface area contributed by atoms with Crippen molar-refractivity contribution >= 4 is 0 Å². The lowest BCUT2D eigenvalue weighted by Gasteiger charge is -2.34. The van der Waals surface area contributed by atoms with Gasteiger partial charge in [0.15, 0.2) is 0 Å². The van der Waals surface area contributed by atoms with Crippen LogP contribution in [0.2, 0.25) is 0 Å². The van der Waals surface area contributed by atoms with Gasteiger partial charge >= 0.3 is 0 Å². The molecule has 1 rings (SSSR count). The van der Waals surface area contributed by atoms with Crippen LogP contribution in [-0.4, -0.2) is 37.6 Å². The first kappa shape index (κ1) is 10.0. The fraction of sp³-hybridized carbons (Fsp3) is 1.00. The van der Waals surface area contributed by atoms with E-state index in [2.05, 4.69) is 31.0 Å². The molecule has 0 amide bonds. The minimum atomic E-state index is 0.497. The van der Waals surface area contributed by atoms with E-state index in [0.717, 1.165) is 0 Å². The Balaban J connectivity index is 2.28. The van der Waals surface area contributed by atoms with E-state index in [9.17, 15) is 0 Å². The standard InChI is InChI=1S/C10H22N2/c1-4-10(2,3)9-12-7-5-11-6-8-12/h11H,4-9H2,1-3H3. The van der Waals surface area contributed by atoms with Crippen LogP contribution in [0.25, 0.3) is 0 Å². The van der Waals surface area contributed by atoms with Gasteiger partial charge in [0.05, 0.1) is 0 Å². The van der Waals surface area contributed by atoms with Crippen LogP contribution in [0.15, 0.2) is 0 Å². The maximum absolute atomic E-state index is 3.38. The van der Waals surface area contributed by atoms with Crippen molar-refractivity contribution in [3.63, 3.8) is 0 Å². The second-order valence-electron chi connectivity index (χ2n) is 4.54. The summed E-state index contributed by atoms with van der Waals surface area (Å²) in [6.45, 7) is 13.0. The van der Waals surface area contributed by atoms with Crippen LogP contribution in [0.5, 0.6) is 0 Å². The van der Waals surface area contributed by atoms with E-state index in [-0.39, 0.29) is 0 Å². The van der Waals surface area contributed by atoms with E-state index in [1.54, 1.807) is 0 Å². The molecular formula is C10H22N2. The van der Waals surface area contributed by atoms with Gasteiger partial charge in [0.25, 0.3) is 0 Å². The van der Waals surface area contributed by atoms with Gasteiger partial charge in [0, 0.05) is 32.7 Å². The summed E-state index contributed by atoms with van der Waals surface area (Å²) in [6.07, 6.45) is 1.27.